The summed E-state index contributed by atoms with van der Waals surface area (Å²) in [6.45, 7) is 6.15. The van der Waals surface area contributed by atoms with Gasteiger partial charge in [-0.05, 0) is 19.3 Å². The zero-order valence-electron chi connectivity index (χ0n) is 13.3. The summed E-state index contributed by atoms with van der Waals surface area (Å²) in [6.07, 6.45) is 6.75. The van der Waals surface area contributed by atoms with Crippen molar-refractivity contribution in [1.29, 1.82) is 0 Å². The third kappa shape index (κ3) is 4.94. The Kier molecular flexibility index (Phi) is 6.93. The minimum Gasteiger partial charge on any atom is -0.395 e. The van der Waals surface area contributed by atoms with E-state index in [9.17, 15) is 4.79 Å². The molecular weight excluding hydrogens is 268 g/mol. The van der Waals surface area contributed by atoms with Gasteiger partial charge in [0.2, 0.25) is 0 Å². The number of amides is 1. The van der Waals surface area contributed by atoms with Crippen LogP contribution in [-0.4, -0.2) is 72.4 Å². The molecule has 1 saturated heterocycles. The number of hydrogen-bond acceptors (Lipinski definition) is 4. The first-order valence-corrected chi connectivity index (χ1v) is 8.52. The van der Waals surface area contributed by atoms with Crippen LogP contribution in [0.1, 0.15) is 45.4 Å². The van der Waals surface area contributed by atoms with E-state index >= 15 is 0 Å². The van der Waals surface area contributed by atoms with Gasteiger partial charge in [-0.1, -0.05) is 26.2 Å². The molecule has 2 rings (SSSR count). The Morgan fingerprint density at radius 1 is 1.19 bits per heavy atom. The summed E-state index contributed by atoms with van der Waals surface area (Å²) in [5, 5.41) is 8.96. The van der Waals surface area contributed by atoms with Crippen molar-refractivity contribution in [2.75, 3.05) is 39.3 Å². The number of piperazine rings is 1. The molecule has 1 unspecified atom stereocenters. The first-order valence-electron chi connectivity index (χ1n) is 8.52. The molecule has 1 amide bonds. The van der Waals surface area contributed by atoms with Crippen LogP contribution in [0, 0.1) is 0 Å². The molecule has 21 heavy (non-hydrogen) atoms. The summed E-state index contributed by atoms with van der Waals surface area (Å²) >= 11 is 0. The zero-order valence-corrected chi connectivity index (χ0v) is 13.3. The molecule has 5 nitrogen and oxygen atoms in total. The molecular formula is C16H30N2O3. The van der Waals surface area contributed by atoms with Crippen LogP contribution in [0.4, 0.5) is 0 Å². The zero-order chi connectivity index (χ0) is 15.1. The van der Waals surface area contributed by atoms with E-state index in [2.05, 4.69) is 4.90 Å². The van der Waals surface area contributed by atoms with Crippen molar-refractivity contribution in [3.05, 3.63) is 0 Å². The molecule has 0 aromatic carbocycles. The Balaban J connectivity index is 1.79. The lowest BCUT2D eigenvalue weighted by Gasteiger charge is -2.37. The summed E-state index contributed by atoms with van der Waals surface area (Å²) in [4.78, 5) is 16.7. The van der Waals surface area contributed by atoms with Crippen LogP contribution < -0.4 is 0 Å². The molecule has 1 atom stereocenters. The minimum atomic E-state index is -0.266. The lowest BCUT2D eigenvalue weighted by atomic mass is 9.97. The number of aliphatic hydroxyl groups excluding tert-OH is 1. The van der Waals surface area contributed by atoms with Crippen LogP contribution in [0.15, 0.2) is 0 Å². The maximum Gasteiger partial charge on any atom is 0.251 e. The summed E-state index contributed by atoms with van der Waals surface area (Å²) in [5.74, 6) is 0.159. The van der Waals surface area contributed by atoms with Gasteiger partial charge < -0.3 is 14.7 Å². The number of aliphatic hydroxyl groups is 1. The normalized spacial score (nSPS) is 23.2. The van der Waals surface area contributed by atoms with Gasteiger partial charge in [0.15, 0.2) is 0 Å². The highest BCUT2D eigenvalue weighted by atomic mass is 16.5. The van der Waals surface area contributed by atoms with Crippen LogP contribution in [0.3, 0.4) is 0 Å². The summed E-state index contributed by atoms with van der Waals surface area (Å²) < 4.78 is 6.09. The Morgan fingerprint density at radius 3 is 2.43 bits per heavy atom. The van der Waals surface area contributed by atoms with E-state index in [-0.39, 0.29) is 24.7 Å². The highest BCUT2D eigenvalue weighted by Gasteiger charge is 2.29. The molecule has 1 N–H and O–H groups in total. The van der Waals surface area contributed by atoms with Crippen molar-refractivity contribution in [2.45, 2.75) is 57.7 Å². The first-order chi connectivity index (χ1) is 10.2. The van der Waals surface area contributed by atoms with E-state index in [1.54, 1.807) is 0 Å². The summed E-state index contributed by atoms with van der Waals surface area (Å²) in [5.41, 5.74) is 0. The fraction of sp³-hybridized carbons (Fsp3) is 0.938. The Hall–Kier alpha value is -0.650. The van der Waals surface area contributed by atoms with Gasteiger partial charge in [0.05, 0.1) is 12.7 Å². The van der Waals surface area contributed by atoms with Gasteiger partial charge in [0, 0.05) is 32.7 Å². The van der Waals surface area contributed by atoms with E-state index in [4.69, 9.17) is 9.84 Å². The second-order valence-corrected chi connectivity index (χ2v) is 6.18. The SMILES string of the molecule is CCC(OC1CCCCC1)C(=O)N1CCN(CCO)CC1. The van der Waals surface area contributed by atoms with Crippen molar-refractivity contribution < 1.29 is 14.6 Å². The third-order valence-corrected chi connectivity index (χ3v) is 4.66. The fourth-order valence-electron chi connectivity index (χ4n) is 3.30. The molecule has 1 heterocycles. The van der Waals surface area contributed by atoms with Crippen LogP contribution in [0.25, 0.3) is 0 Å². The van der Waals surface area contributed by atoms with Gasteiger partial charge in [-0.3, -0.25) is 9.69 Å². The molecule has 0 radical (unpaired) electrons. The van der Waals surface area contributed by atoms with Gasteiger partial charge in [0.25, 0.3) is 5.91 Å². The van der Waals surface area contributed by atoms with Gasteiger partial charge in [-0.15, -0.1) is 0 Å². The monoisotopic (exact) mass is 298 g/mol. The first kappa shape index (κ1) is 16.7. The molecule has 5 heteroatoms. The maximum absolute atomic E-state index is 12.6. The smallest absolute Gasteiger partial charge is 0.251 e. The van der Waals surface area contributed by atoms with Crippen molar-refractivity contribution in [3.63, 3.8) is 0 Å². The van der Waals surface area contributed by atoms with Crippen molar-refractivity contribution in [3.8, 4) is 0 Å². The number of rotatable bonds is 6. The van der Waals surface area contributed by atoms with Crippen molar-refractivity contribution in [1.82, 2.24) is 9.80 Å². The third-order valence-electron chi connectivity index (χ3n) is 4.66. The Morgan fingerprint density at radius 2 is 1.86 bits per heavy atom. The van der Waals surface area contributed by atoms with Gasteiger partial charge in [-0.25, -0.2) is 0 Å². The van der Waals surface area contributed by atoms with Crippen LogP contribution in [-0.2, 0) is 9.53 Å². The lowest BCUT2D eigenvalue weighted by molar-refractivity contribution is -0.151. The molecule has 2 fully saturated rings. The highest BCUT2D eigenvalue weighted by Crippen LogP contribution is 2.23. The number of hydrogen-bond donors (Lipinski definition) is 1. The summed E-state index contributed by atoms with van der Waals surface area (Å²) in [7, 11) is 0. The number of carbonyl (C=O) groups excluding carboxylic acids is 1. The molecule has 0 aromatic rings. The van der Waals surface area contributed by atoms with Crippen molar-refractivity contribution in [2.24, 2.45) is 0 Å². The number of nitrogens with zero attached hydrogens (tertiary/aromatic N) is 2. The minimum absolute atomic E-state index is 0.159. The van der Waals surface area contributed by atoms with Crippen molar-refractivity contribution >= 4 is 5.91 Å². The topological polar surface area (TPSA) is 53.0 Å². The molecule has 0 bridgehead atoms. The Labute approximate surface area is 128 Å². The van der Waals surface area contributed by atoms with E-state index < -0.39 is 0 Å². The lowest BCUT2D eigenvalue weighted by Crippen LogP contribution is -2.52. The molecule has 0 spiro atoms. The maximum atomic E-state index is 12.6. The van der Waals surface area contributed by atoms with Crippen LogP contribution in [0.2, 0.25) is 0 Å². The molecule has 1 aliphatic heterocycles. The second kappa shape index (κ2) is 8.71. The van der Waals surface area contributed by atoms with Gasteiger partial charge >= 0.3 is 0 Å². The second-order valence-electron chi connectivity index (χ2n) is 6.18. The van der Waals surface area contributed by atoms with E-state index in [1.165, 1.54) is 19.3 Å². The molecule has 1 aliphatic carbocycles. The summed E-state index contributed by atoms with van der Waals surface area (Å²) in [6, 6.07) is 0. The van der Waals surface area contributed by atoms with E-state index in [1.807, 2.05) is 11.8 Å². The molecule has 122 valence electrons. The highest BCUT2D eigenvalue weighted by molar-refractivity contribution is 5.81. The number of β-amino-alcohol motifs (C(OH)–C–C–N with tert-alkyl or cyclic N) is 1. The predicted octanol–water partition coefficient (Wildman–Crippen LogP) is 1.25. The number of ether oxygens (including phenoxy) is 1. The van der Waals surface area contributed by atoms with Crippen LogP contribution >= 0.6 is 0 Å². The fourth-order valence-corrected chi connectivity index (χ4v) is 3.30. The molecule has 0 aromatic heterocycles. The largest absolute Gasteiger partial charge is 0.395 e. The van der Waals surface area contributed by atoms with E-state index in [0.717, 1.165) is 45.4 Å². The van der Waals surface area contributed by atoms with Gasteiger partial charge in [0.1, 0.15) is 6.10 Å². The quantitative estimate of drug-likeness (QED) is 0.802. The van der Waals surface area contributed by atoms with Gasteiger partial charge in [-0.2, -0.15) is 0 Å². The Bertz CT molecular complexity index is 311. The standard InChI is InChI=1S/C16H30N2O3/c1-2-15(21-14-6-4-3-5-7-14)16(20)18-10-8-17(9-11-18)12-13-19/h14-15,19H,2-13H2,1H3. The van der Waals surface area contributed by atoms with Crippen LogP contribution in [0.5, 0.6) is 0 Å². The average molecular weight is 298 g/mol. The molecule has 2 aliphatic rings. The number of carbonyl (C=O) groups is 1. The van der Waals surface area contributed by atoms with E-state index in [0.29, 0.717) is 6.54 Å². The average Bonchev–Trinajstić information content (AvgIpc) is 2.54. The predicted molar refractivity (Wildman–Crippen MR) is 82.1 cm³/mol. The molecule has 1 saturated carbocycles.